The van der Waals surface area contributed by atoms with E-state index in [-0.39, 0.29) is 0 Å². The minimum atomic E-state index is 0.464. The van der Waals surface area contributed by atoms with Crippen LogP contribution in [0.25, 0.3) is 10.6 Å². The van der Waals surface area contributed by atoms with E-state index in [9.17, 15) is 0 Å². The van der Waals surface area contributed by atoms with Gasteiger partial charge in [-0.05, 0) is 54.4 Å². The van der Waals surface area contributed by atoms with Gasteiger partial charge in [-0.3, -0.25) is 4.98 Å². The van der Waals surface area contributed by atoms with Gasteiger partial charge < -0.3 is 15.8 Å². The summed E-state index contributed by atoms with van der Waals surface area (Å²) in [6.07, 6.45) is 3.51. The highest BCUT2D eigenvalue weighted by Crippen LogP contribution is 2.35. The van der Waals surface area contributed by atoms with E-state index in [0.29, 0.717) is 17.4 Å². The number of nitrogen functional groups attached to an aromatic ring is 1. The highest BCUT2D eigenvalue weighted by Gasteiger charge is 2.13. The Labute approximate surface area is 167 Å². The van der Waals surface area contributed by atoms with E-state index in [2.05, 4.69) is 20.5 Å². The number of nitrogens with zero attached hydrogens (tertiary/aromatic N) is 3. The molecule has 0 radical (unpaired) electrons. The second-order valence-electron chi connectivity index (χ2n) is 6.25. The summed E-state index contributed by atoms with van der Waals surface area (Å²) in [7, 11) is 0. The zero-order valence-corrected chi connectivity index (χ0v) is 16.1. The lowest BCUT2D eigenvalue weighted by Crippen LogP contribution is -1.96. The third-order valence-corrected chi connectivity index (χ3v) is 5.06. The number of aryl methyl sites for hydroxylation is 1. The van der Waals surface area contributed by atoms with E-state index in [0.717, 1.165) is 33.1 Å². The van der Waals surface area contributed by atoms with Gasteiger partial charge in [-0.25, -0.2) is 0 Å². The fourth-order valence-corrected chi connectivity index (χ4v) is 3.47. The molecular weight excluding hydrogens is 370 g/mol. The summed E-state index contributed by atoms with van der Waals surface area (Å²) in [5.41, 5.74) is 10.6. The average molecular weight is 389 g/mol. The Balaban J connectivity index is 1.54. The maximum absolute atomic E-state index is 6.01. The summed E-state index contributed by atoms with van der Waals surface area (Å²) in [5, 5.41) is 13.4. The molecule has 0 saturated carbocycles. The largest absolute Gasteiger partial charge is 0.488 e. The number of rotatable bonds is 6. The number of hydrogen-bond acceptors (Lipinski definition) is 7. The van der Waals surface area contributed by atoms with Crippen LogP contribution in [0.5, 0.6) is 5.75 Å². The van der Waals surface area contributed by atoms with Gasteiger partial charge in [-0.1, -0.05) is 29.5 Å². The molecule has 7 heteroatoms. The summed E-state index contributed by atoms with van der Waals surface area (Å²) in [6.45, 7) is 2.48. The van der Waals surface area contributed by atoms with Crippen molar-refractivity contribution in [3.63, 3.8) is 0 Å². The van der Waals surface area contributed by atoms with Crippen LogP contribution in [0, 0.1) is 6.92 Å². The Morgan fingerprint density at radius 1 is 1.04 bits per heavy atom. The summed E-state index contributed by atoms with van der Waals surface area (Å²) in [6, 6.07) is 17.4. The van der Waals surface area contributed by atoms with Gasteiger partial charge in [0.05, 0.1) is 5.56 Å². The SMILES string of the molecule is Cc1ccc(N)cc1Nc1nnc(-c2ccccc2OCc2ccncc2)s1. The van der Waals surface area contributed by atoms with Crippen molar-refractivity contribution in [2.24, 2.45) is 0 Å². The first kappa shape index (κ1) is 17.9. The Hall–Kier alpha value is -3.45. The van der Waals surface area contributed by atoms with Crippen LogP contribution in [-0.2, 0) is 6.61 Å². The first-order chi connectivity index (χ1) is 13.7. The first-order valence-electron chi connectivity index (χ1n) is 8.77. The Bertz CT molecular complexity index is 1080. The molecule has 2 aromatic carbocycles. The lowest BCUT2D eigenvalue weighted by Gasteiger charge is -2.09. The molecule has 0 unspecified atom stereocenters. The molecule has 0 fully saturated rings. The highest BCUT2D eigenvalue weighted by molar-refractivity contribution is 7.18. The number of nitrogens with one attached hydrogen (secondary N) is 1. The Morgan fingerprint density at radius 3 is 2.71 bits per heavy atom. The van der Waals surface area contributed by atoms with E-state index in [1.54, 1.807) is 12.4 Å². The van der Waals surface area contributed by atoms with Crippen LogP contribution < -0.4 is 15.8 Å². The van der Waals surface area contributed by atoms with Crippen molar-refractivity contribution >= 4 is 27.8 Å². The first-order valence-corrected chi connectivity index (χ1v) is 9.58. The molecule has 28 heavy (non-hydrogen) atoms. The fraction of sp³-hybridized carbons (Fsp3) is 0.0952. The van der Waals surface area contributed by atoms with Crippen molar-refractivity contribution < 1.29 is 4.74 Å². The monoisotopic (exact) mass is 389 g/mol. The molecule has 0 bridgehead atoms. The van der Waals surface area contributed by atoms with Crippen LogP contribution in [0.4, 0.5) is 16.5 Å². The minimum absolute atomic E-state index is 0.464. The normalized spacial score (nSPS) is 10.6. The molecule has 140 valence electrons. The lowest BCUT2D eigenvalue weighted by molar-refractivity contribution is 0.307. The molecule has 6 nitrogen and oxygen atoms in total. The number of anilines is 3. The van der Waals surface area contributed by atoms with Crippen LogP contribution in [0.3, 0.4) is 0 Å². The Kier molecular flexibility index (Phi) is 5.16. The van der Waals surface area contributed by atoms with Gasteiger partial charge in [0.15, 0.2) is 5.01 Å². The number of pyridine rings is 1. The molecule has 0 aliphatic rings. The van der Waals surface area contributed by atoms with Crippen molar-refractivity contribution in [1.82, 2.24) is 15.2 Å². The predicted octanol–water partition coefficient (Wildman–Crippen LogP) is 4.81. The van der Waals surface area contributed by atoms with Gasteiger partial charge in [-0.2, -0.15) is 0 Å². The van der Waals surface area contributed by atoms with E-state index in [4.69, 9.17) is 10.5 Å². The van der Waals surface area contributed by atoms with E-state index < -0.39 is 0 Å². The van der Waals surface area contributed by atoms with Crippen molar-refractivity contribution in [2.45, 2.75) is 13.5 Å². The Morgan fingerprint density at radius 2 is 1.86 bits per heavy atom. The topological polar surface area (TPSA) is 86.0 Å². The zero-order valence-electron chi connectivity index (χ0n) is 15.3. The number of benzene rings is 2. The minimum Gasteiger partial charge on any atom is -0.488 e. The van der Waals surface area contributed by atoms with Gasteiger partial charge in [-0.15, -0.1) is 10.2 Å². The molecule has 2 aromatic heterocycles. The number of ether oxygens (including phenoxy) is 1. The lowest BCUT2D eigenvalue weighted by atomic mass is 10.2. The van der Waals surface area contributed by atoms with E-state index in [1.165, 1.54) is 11.3 Å². The van der Waals surface area contributed by atoms with Gasteiger partial charge >= 0.3 is 0 Å². The second kappa shape index (κ2) is 8.06. The van der Waals surface area contributed by atoms with Crippen LogP contribution in [0.2, 0.25) is 0 Å². The van der Waals surface area contributed by atoms with Gasteiger partial charge in [0.25, 0.3) is 0 Å². The van der Waals surface area contributed by atoms with Crippen molar-refractivity contribution in [1.29, 1.82) is 0 Å². The molecular formula is C21H19N5OS. The molecule has 2 heterocycles. The van der Waals surface area contributed by atoms with Gasteiger partial charge in [0.1, 0.15) is 12.4 Å². The van der Waals surface area contributed by atoms with Gasteiger partial charge in [0, 0.05) is 23.8 Å². The summed E-state index contributed by atoms with van der Waals surface area (Å²) >= 11 is 1.47. The fourth-order valence-electron chi connectivity index (χ4n) is 2.68. The van der Waals surface area contributed by atoms with Crippen molar-refractivity contribution in [3.8, 4) is 16.3 Å². The molecule has 0 amide bonds. The van der Waals surface area contributed by atoms with E-state index >= 15 is 0 Å². The van der Waals surface area contributed by atoms with Crippen LogP contribution >= 0.6 is 11.3 Å². The third kappa shape index (κ3) is 4.10. The number of para-hydroxylation sites is 1. The van der Waals surface area contributed by atoms with Crippen LogP contribution in [-0.4, -0.2) is 15.2 Å². The maximum atomic E-state index is 6.01. The summed E-state index contributed by atoms with van der Waals surface area (Å²) in [4.78, 5) is 4.03. The van der Waals surface area contributed by atoms with Gasteiger partial charge in [0.2, 0.25) is 5.13 Å². The standard InChI is InChI=1S/C21H19N5OS/c1-14-6-7-16(22)12-18(14)24-21-26-25-20(28-21)17-4-2-3-5-19(17)27-13-15-8-10-23-11-9-15/h2-12H,13,22H2,1H3,(H,24,26). The second-order valence-corrected chi connectivity index (χ2v) is 7.23. The molecule has 0 saturated heterocycles. The van der Waals surface area contributed by atoms with Crippen molar-refractivity contribution in [3.05, 3.63) is 78.1 Å². The molecule has 0 atom stereocenters. The molecule has 4 rings (SSSR count). The van der Waals surface area contributed by atoms with E-state index in [1.807, 2.05) is 61.5 Å². The summed E-state index contributed by atoms with van der Waals surface area (Å²) < 4.78 is 6.01. The molecule has 3 N–H and O–H groups in total. The number of aromatic nitrogens is 3. The number of hydrogen-bond donors (Lipinski definition) is 2. The van der Waals surface area contributed by atoms with Crippen LogP contribution in [0.1, 0.15) is 11.1 Å². The molecule has 0 aliphatic heterocycles. The highest BCUT2D eigenvalue weighted by atomic mass is 32.1. The third-order valence-electron chi connectivity index (χ3n) is 4.19. The molecule has 4 aromatic rings. The molecule has 0 aliphatic carbocycles. The van der Waals surface area contributed by atoms with Crippen molar-refractivity contribution in [2.75, 3.05) is 11.1 Å². The number of nitrogens with two attached hydrogens (primary N) is 1. The smallest absolute Gasteiger partial charge is 0.210 e. The quantitative estimate of drug-likeness (QED) is 0.460. The predicted molar refractivity (Wildman–Crippen MR) is 113 cm³/mol. The average Bonchev–Trinajstić information content (AvgIpc) is 3.18. The maximum Gasteiger partial charge on any atom is 0.210 e. The summed E-state index contributed by atoms with van der Waals surface area (Å²) in [5.74, 6) is 0.766. The zero-order chi connectivity index (χ0) is 19.3. The van der Waals surface area contributed by atoms with Crippen LogP contribution in [0.15, 0.2) is 67.0 Å². The molecule has 0 spiro atoms.